The van der Waals surface area contributed by atoms with E-state index in [4.69, 9.17) is 0 Å². The number of halogens is 1. The average molecular weight is 182 g/mol. The fourth-order valence-corrected chi connectivity index (χ4v) is 0.783. The van der Waals surface area contributed by atoms with Gasteiger partial charge in [0.2, 0.25) is 11.9 Å². The molecule has 0 bridgehead atoms. The van der Waals surface area contributed by atoms with Crippen molar-refractivity contribution in [3.8, 4) is 0 Å². The van der Waals surface area contributed by atoms with Crippen LogP contribution in [-0.4, -0.2) is 16.8 Å². The highest BCUT2D eigenvalue weighted by molar-refractivity contribution is 6.03. The van der Waals surface area contributed by atoms with Gasteiger partial charge in [0.1, 0.15) is 0 Å². The number of rotatable bonds is 1. The van der Waals surface area contributed by atoms with Crippen LogP contribution in [0.2, 0.25) is 0 Å². The maximum atomic E-state index is 12.8. The third kappa shape index (κ3) is 2.33. The summed E-state index contributed by atoms with van der Waals surface area (Å²) in [6.07, 6.45) is 1.22. The summed E-state index contributed by atoms with van der Waals surface area (Å²) in [7, 11) is 0. The number of carbonyl (C=O) groups excluding carboxylic acids is 2. The number of amides is 2. The van der Waals surface area contributed by atoms with Crippen molar-refractivity contribution in [1.29, 1.82) is 0 Å². The molecule has 1 rings (SSSR count). The zero-order chi connectivity index (χ0) is 9.84. The number of nitrogens with one attached hydrogen (secondary N) is 1. The molecular weight excluding hydrogens is 175 g/mol. The van der Waals surface area contributed by atoms with E-state index in [1.165, 1.54) is 25.3 Å². The molecule has 0 fully saturated rings. The van der Waals surface area contributed by atoms with Gasteiger partial charge < -0.3 is 0 Å². The number of carbonyl (C=O) groups is 2. The molecule has 68 valence electrons. The molecule has 0 aliphatic heterocycles. The normalized spacial score (nSPS) is 9.38. The lowest BCUT2D eigenvalue weighted by Crippen LogP contribution is -2.28. The molecule has 1 N–H and O–H groups in total. The molecule has 0 saturated heterocycles. The van der Waals surface area contributed by atoms with Crippen LogP contribution in [0.3, 0.4) is 0 Å². The maximum Gasteiger partial charge on any atom is 0.262 e. The third-order valence-corrected chi connectivity index (χ3v) is 1.29. The zero-order valence-electron chi connectivity index (χ0n) is 6.87. The summed E-state index contributed by atoms with van der Waals surface area (Å²) >= 11 is 0. The second-order valence-corrected chi connectivity index (χ2v) is 2.35. The van der Waals surface area contributed by atoms with Gasteiger partial charge in [-0.2, -0.15) is 4.39 Å². The smallest absolute Gasteiger partial charge is 0.262 e. The van der Waals surface area contributed by atoms with E-state index in [2.05, 4.69) is 4.98 Å². The summed E-state index contributed by atoms with van der Waals surface area (Å²) in [4.78, 5) is 24.8. The summed E-state index contributed by atoms with van der Waals surface area (Å²) in [5.74, 6) is -2.20. The van der Waals surface area contributed by atoms with Gasteiger partial charge in [0.25, 0.3) is 5.91 Å². The number of aromatic nitrogens is 1. The highest BCUT2D eigenvalue weighted by Gasteiger charge is 2.12. The molecule has 0 aromatic carbocycles. The number of nitrogens with zero attached hydrogens (tertiary/aromatic N) is 1. The Morgan fingerprint density at radius 1 is 1.54 bits per heavy atom. The summed E-state index contributed by atoms with van der Waals surface area (Å²) < 4.78 is 12.8. The second-order valence-electron chi connectivity index (χ2n) is 2.35. The van der Waals surface area contributed by atoms with Crippen LogP contribution >= 0.6 is 0 Å². The quantitative estimate of drug-likeness (QED) is 0.643. The van der Waals surface area contributed by atoms with Gasteiger partial charge in [-0.1, -0.05) is 0 Å². The Labute approximate surface area is 73.8 Å². The molecule has 0 unspecified atom stereocenters. The Kier molecular flexibility index (Phi) is 2.69. The van der Waals surface area contributed by atoms with Gasteiger partial charge in [0.05, 0.1) is 5.56 Å². The fourth-order valence-electron chi connectivity index (χ4n) is 0.783. The molecule has 0 radical (unpaired) electrons. The molecule has 4 nitrogen and oxygen atoms in total. The number of imide groups is 1. The van der Waals surface area contributed by atoms with Crippen LogP contribution in [0.15, 0.2) is 18.3 Å². The minimum absolute atomic E-state index is 0.238. The predicted molar refractivity (Wildman–Crippen MR) is 42.3 cm³/mol. The number of hydrogen-bond donors (Lipinski definition) is 1. The molecule has 0 aliphatic rings. The number of hydrogen-bond acceptors (Lipinski definition) is 3. The van der Waals surface area contributed by atoms with Crippen molar-refractivity contribution < 1.29 is 14.0 Å². The van der Waals surface area contributed by atoms with Gasteiger partial charge in [-0.15, -0.1) is 0 Å². The van der Waals surface area contributed by atoms with Crippen molar-refractivity contribution in [2.45, 2.75) is 6.92 Å². The second kappa shape index (κ2) is 3.75. The van der Waals surface area contributed by atoms with Crippen molar-refractivity contribution in [2.24, 2.45) is 0 Å². The summed E-state index contributed by atoms with van der Waals surface area (Å²) in [5, 5.41) is 1.94. The topological polar surface area (TPSA) is 59.1 Å². The molecule has 2 amide bonds. The largest absolute Gasteiger partial charge is 0.292 e. The van der Waals surface area contributed by atoms with E-state index < -0.39 is 17.8 Å². The average Bonchev–Trinajstić information content (AvgIpc) is 2.03. The molecule has 1 heterocycles. The predicted octanol–water partition coefficient (Wildman–Crippen LogP) is 0.497. The van der Waals surface area contributed by atoms with Crippen LogP contribution in [0.5, 0.6) is 0 Å². The molecule has 1 aromatic heterocycles. The highest BCUT2D eigenvalue weighted by atomic mass is 19.1. The lowest BCUT2D eigenvalue weighted by molar-refractivity contribution is -0.118. The van der Waals surface area contributed by atoms with E-state index in [1.54, 1.807) is 0 Å². The molecule has 5 heteroatoms. The van der Waals surface area contributed by atoms with Crippen LogP contribution in [0.4, 0.5) is 4.39 Å². The van der Waals surface area contributed by atoms with Gasteiger partial charge in [0.15, 0.2) is 0 Å². The first-order valence-corrected chi connectivity index (χ1v) is 3.53. The highest BCUT2D eigenvalue weighted by Crippen LogP contribution is 2.01. The fraction of sp³-hybridized carbons (Fsp3) is 0.125. The molecular formula is C8H7FN2O2. The molecule has 1 aromatic rings. The first-order valence-electron chi connectivity index (χ1n) is 3.53. The monoisotopic (exact) mass is 182 g/mol. The lowest BCUT2D eigenvalue weighted by atomic mass is 10.2. The van der Waals surface area contributed by atoms with E-state index in [0.29, 0.717) is 0 Å². The molecule has 0 atom stereocenters. The standard InChI is InChI=1S/C8H7FN2O2/c1-5(12)11-8(13)6-3-2-4-10-7(6)9/h2-4H,1H3,(H,11,12,13). The van der Waals surface area contributed by atoms with Gasteiger partial charge in [-0.25, -0.2) is 4.98 Å². The van der Waals surface area contributed by atoms with Crippen molar-refractivity contribution in [1.82, 2.24) is 10.3 Å². The van der Waals surface area contributed by atoms with Crippen molar-refractivity contribution >= 4 is 11.8 Å². The van der Waals surface area contributed by atoms with Gasteiger partial charge in [-0.05, 0) is 12.1 Å². The minimum atomic E-state index is -0.888. The SMILES string of the molecule is CC(=O)NC(=O)c1cccnc1F. The lowest BCUT2D eigenvalue weighted by Gasteiger charge is -2.00. The van der Waals surface area contributed by atoms with E-state index >= 15 is 0 Å². The van der Waals surface area contributed by atoms with Gasteiger partial charge >= 0.3 is 0 Å². The van der Waals surface area contributed by atoms with Crippen LogP contribution in [0, 0.1) is 5.95 Å². The van der Waals surface area contributed by atoms with Crippen LogP contribution in [-0.2, 0) is 4.79 Å². The summed E-state index contributed by atoms with van der Waals surface area (Å²) in [6, 6.07) is 2.67. The van der Waals surface area contributed by atoms with Gasteiger partial charge in [0, 0.05) is 13.1 Å². The zero-order valence-corrected chi connectivity index (χ0v) is 6.87. The van der Waals surface area contributed by atoms with Gasteiger partial charge in [-0.3, -0.25) is 14.9 Å². The van der Waals surface area contributed by atoms with Crippen LogP contribution in [0.1, 0.15) is 17.3 Å². The Morgan fingerprint density at radius 3 is 2.77 bits per heavy atom. The Balaban J connectivity index is 2.89. The third-order valence-electron chi connectivity index (χ3n) is 1.29. The van der Waals surface area contributed by atoms with Crippen LogP contribution < -0.4 is 5.32 Å². The van der Waals surface area contributed by atoms with E-state index in [9.17, 15) is 14.0 Å². The Bertz CT molecular complexity index is 352. The number of pyridine rings is 1. The van der Waals surface area contributed by atoms with Crippen molar-refractivity contribution in [2.75, 3.05) is 0 Å². The van der Waals surface area contributed by atoms with Crippen molar-refractivity contribution in [3.05, 3.63) is 29.8 Å². The first kappa shape index (κ1) is 9.31. The van der Waals surface area contributed by atoms with E-state index in [1.807, 2.05) is 5.32 Å². The Hall–Kier alpha value is -1.78. The minimum Gasteiger partial charge on any atom is -0.292 e. The summed E-state index contributed by atoms with van der Waals surface area (Å²) in [5.41, 5.74) is -0.238. The maximum absolute atomic E-state index is 12.8. The molecule has 0 saturated carbocycles. The molecule has 0 aliphatic carbocycles. The molecule has 0 spiro atoms. The first-order chi connectivity index (χ1) is 6.11. The van der Waals surface area contributed by atoms with E-state index in [-0.39, 0.29) is 5.56 Å². The summed E-state index contributed by atoms with van der Waals surface area (Å²) in [6.45, 7) is 1.17. The Morgan fingerprint density at radius 2 is 2.23 bits per heavy atom. The van der Waals surface area contributed by atoms with Crippen LogP contribution in [0.25, 0.3) is 0 Å². The van der Waals surface area contributed by atoms with E-state index in [0.717, 1.165) is 0 Å². The molecule has 13 heavy (non-hydrogen) atoms. The van der Waals surface area contributed by atoms with Crippen molar-refractivity contribution in [3.63, 3.8) is 0 Å².